The molecule has 2 aliphatic rings. The van der Waals surface area contributed by atoms with Crippen LogP contribution in [0, 0.1) is 17.8 Å². The number of pyridine rings is 1. The second-order valence-corrected chi connectivity index (χ2v) is 8.55. The third kappa shape index (κ3) is 4.94. The van der Waals surface area contributed by atoms with E-state index in [2.05, 4.69) is 4.98 Å². The number of aliphatic carboxylic acids is 1. The van der Waals surface area contributed by atoms with Crippen LogP contribution >= 0.6 is 0 Å². The lowest BCUT2D eigenvalue weighted by Gasteiger charge is -2.40. The molecule has 1 aromatic carbocycles. The maximum absolute atomic E-state index is 12.9. The third-order valence-corrected chi connectivity index (χ3v) is 6.14. The van der Waals surface area contributed by atoms with E-state index in [4.69, 9.17) is 4.74 Å². The maximum atomic E-state index is 12.9. The zero-order valence-electron chi connectivity index (χ0n) is 17.2. The zero-order chi connectivity index (χ0) is 22.2. The molecule has 2 atom stereocenters. The van der Waals surface area contributed by atoms with Gasteiger partial charge in [-0.3, -0.25) is 4.79 Å². The minimum absolute atomic E-state index is 0.0211. The number of hydrogen-bond acceptors (Lipinski definition) is 4. The average molecular weight is 434 g/mol. The second-order valence-electron chi connectivity index (χ2n) is 8.55. The fraction of sp³-hybridized carbons (Fsp3) is 0.478. The summed E-state index contributed by atoms with van der Waals surface area (Å²) in [5.41, 5.74) is 0.285. The van der Waals surface area contributed by atoms with Crippen molar-refractivity contribution in [1.29, 1.82) is 0 Å². The number of rotatable bonds is 8. The number of benzene rings is 1. The highest BCUT2D eigenvalue weighted by molar-refractivity contribution is 5.71. The van der Waals surface area contributed by atoms with Crippen LogP contribution in [0.25, 0.3) is 0 Å². The molecule has 0 bridgehead atoms. The Labute approximate surface area is 178 Å². The predicted molar refractivity (Wildman–Crippen MR) is 109 cm³/mol. The first-order valence-corrected chi connectivity index (χ1v) is 10.5. The number of anilines is 1. The first kappa shape index (κ1) is 21.5. The van der Waals surface area contributed by atoms with Gasteiger partial charge < -0.3 is 14.7 Å². The standard InChI is InChI=1S/C23H25F3N2O3/c1-14(22(29)30)21(16-5-6-16)17-3-2-4-19(9-17)31-13-15-11-28(12-15)20-10-18(7-8-27-20)23(24,25)26/h2-4,7-10,14-16,21H,5-6,11-13H2,1H3,(H,29,30). The summed E-state index contributed by atoms with van der Waals surface area (Å²) in [6, 6.07) is 9.66. The van der Waals surface area contributed by atoms with Gasteiger partial charge in [0.1, 0.15) is 11.6 Å². The lowest BCUT2D eigenvalue weighted by molar-refractivity contribution is -0.142. The molecule has 2 heterocycles. The number of nitrogens with zero attached hydrogens (tertiary/aromatic N) is 2. The van der Waals surface area contributed by atoms with Crippen molar-refractivity contribution in [3.63, 3.8) is 0 Å². The topological polar surface area (TPSA) is 62.7 Å². The lowest BCUT2D eigenvalue weighted by Crippen LogP contribution is -2.49. The molecule has 5 nitrogen and oxygen atoms in total. The molecule has 0 spiro atoms. The van der Waals surface area contributed by atoms with Crippen molar-refractivity contribution < 1.29 is 27.8 Å². The molecule has 1 aromatic heterocycles. The first-order valence-electron chi connectivity index (χ1n) is 10.5. The van der Waals surface area contributed by atoms with Crippen molar-refractivity contribution in [3.8, 4) is 5.75 Å². The molecule has 1 saturated carbocycles. The Hall–Kier alpha value is -2.77. The van der Waals surface area contributed by atoms with Gasteiger partial charge in [-0.2, -0.15) is 13.2 Å². The van der Waals surface area contributed by atoms with E-state index in [9.17, 15) is 23.1 Å². The van der Waals surface area contributed by atoms with E-state index in [1.165, 1.54) is 6.20 Å². The van der Waals surface area contributed by atoms with Crippen molar-refractivity contribution in [2.45, 2.75) is 31.9 Å². The molecule has 2 fully saturated rings. The Kier molecular flexibility index (Phi) is 5.81. The number of aromatic nitrogens is 1. The van der Waals surface area contributed by atoms with Gasteiger partial charge in [-0.1, -0.05) is 19.1 Å². The molecule has 1 saturated heterocycles. The van der Waals surface area contributed by atoms with Crippen molar-refractivity contribution in [1.82, 2.24) is 4.98 Å². The Morgan fingerprint density at radius 3 is 2.65 bits per heavy atom. The SMILES string of the molecule is CC(C(=O)O)C(c1cccc(OCC2CN(c3cc(C(F)(F)F)ccn3)C2)c1)C1CC1. The largest absolute Gasteiger partial charge is 0.493 e. The fourth-order valence-electron chi connectivity index (χ4n) is 4.23. The van der Waals surface area contributed by atoms with Crippen molar-refractivity contribution >= 4 is 11.8 Å². The molecule has 0 radical (unpaired) electrons. The van der Waals surface area contributed by atoms with Gasteiger partial charge in [-0.25, -0.2) is 4.98 Å². The normalized spacial score (nSPS) is 18.9. The summed E-state index contributed by atoms with van der Waals surface area (Å²) in [6.45, 7) is 3.36. The van der Waals surface area contributed by atoms with E-state index in [-0.39, 0.29) is 11.8 Å². The van der Waals surface area contributed by atoms with Crippen LogP contribution in [-0.4, -0.2) is 35.8 Å². The molecule has 1 aliphatic carbocycles. The summed E-state index contributed by atoms with van der Waals surface area (Å²) in [6.07, 6.45) is -1.10. The monoisotopic (exact) mass is 434 g/mol. The van der Waals surface area contributed by atoms with Crippen LogP contribution in [0.2, 0.25) is 0 Å². The van der Waals surface area contributed by atoms with E-state index in [1.54, 1.807) is 11.8 Å². The minimum Gasteiger partial charge on any atom is -0.493 e. The van der Waals surface area contributed by atoms with Crippen LogP contribution in [0.4, 0.5) is 19.0 Å². The van der Waals surface area contributed by atoms with Crippen molar-refractivity contribution in [3.05, 3.63) is 53.7 Å². The van der Waals surface area contributed by atoms with Gasteiger partial charge in [0.05, 0.1) is 18.1 Å². The first-order chi connectivity index (χ1) is 14.7. The zero-order valence-corrected chi connectivity index (χ0v) is 17.2. The molecule has 31 heavy (non-hydrogen) atoms. The molecular weight excluding hydrogens is 409 g/mol. The average Bonchev–Trinajstić information content (AvgIpc) is 3.52. The van der Waals surface area contributed by atoms with Gasteiger partial charge in [0.25, 0.3) is 0 Å². The van der Waals surface area contributed by atoms with Gasteiger partial charge >= 0.3 is 12.1 Å². The summed E-state index contributed by atoms with van der Waals surface area (Å²) in [5, 5.41) is 9.45. The van der Waals surface area contributed by atoms with Gasteiger partial charge in [-0.05, 0) is 54.5 Å². The lowest BCUT2D eigenvalue weighted by atomic mass is 9.83. The number of alkyl halides is 3. The molecule has 1 aliphatic heterocycles. The maximum Gasteiger partial charge on any atom is 0.416 e. The third-order valence-electron chi connectivity index (χ3n) is 6.14. The number of hydrogen-bond donors (Lipinski definition) is 1. The number of halogens is 3. The van der Waals surface area contributed by atoms with E-state index >= 15 is 0 Å². The number of carbonyl (C=O) groups is 1. The Morgan fingerprint density at radius 2 is 2.00 bits per heavy atom. The summed E-state index contributed by atoms with van der Waals surface area (Å²) in [5.74, 6) is 0.342. The van der Waals surface area contributed by atoms with Crippen molar-refractivity contribution in [2.24, 2.45) is 17.8 Å². The molecule has 4 rings (SSSR count). The summed E-state index contributed by atoms with van der Waals surface area (Å²) in [7, 11) is 0. The number of carboxylic acid groups (broad SMARTS) is 1. The van der Waals surface area contributed by atoms with Gasteiger partial charge in [0, 0.05) is 25.2 Å². The van der Waals surface area contributed by atoms with Crippen LogP contribution in [0.5, 0.6) is 5.75 Å². The highest BCUT2D eigenvalue weighted by Crippen LogP contribution is 2.47. The Bertz CT molecular complexity index is 940. The van der Waals surface area contributed by atoms with Gasteiger partial charge in [0.2, 0.25) is 0 Å². The number of ether oxygens (including phenoxy) is 1. The van der Waals surface area contributed by atoms with Crippen LogP contribution in [0.1, 0.15) is 36.8 Å². The van der Waals surface area contributed by atoms with Crippen LogP contribution in [-0.2, 0) is 11.0 Å². The van der Waals surface area contributed by atoms with Gasteiger partial charge in [-0.15, -0.1) is 0 Å². The predicted octanol–water partition coefficient (Wildman–Crippen LogP) is 4.83. The Morgan fingerprint density at radius 1 is 1.26 bits per heavy atom. The molecular formula is C23H25F3N2O3. The van der Waals surface area contributed by atoms with Crippen LogP contribution in [0.3, 0.4) is 0 Å². The summed E-state index contributed by atoms with van der Waals surface area (Å²) < 4.78 is 44.6. The summed E-state index contributed by atoms with van der Waals surface area (Å²) in [4.78, 5) is 17.4. The molecule has 2 unspecified atom stereocenters. The highest BCUT2D eigenvalue weighted by atomic mass is 19.4. The highest BCUT2D eigenvalue weighted by Gasteiger charge is 2.39. The van der Waals surface area contributed by atoms with Gasteiger partial charge in [0.15, 0.2) is 0 Å². The van der Waals surface area contributed by atoms with E-state index in [0.29, 0.717) is 37.2 Å². The van der Waals surface area contributed by atoms with Crippen LogP contribution in [0.15, 0.2) is 42.6 Å². The Balaban J connectivity index is 1.33. The minimum atomic E-state index is -4.38. The summed E-state index contributed by atoms with van der Waals surface area (Å²) >= 11 is 0. The van der Waals surface area contributed by atoms with Crippen LogP contribution < -0.4 is 9.64 Å². The van der Waals surface area contributed by atoms with E-state index in [0.717, 1.165) is 30.5 Å². The molecule has 2 aromatic rings. The molecule has 0 amide bonds. The molecule has 1 N–H and O–H groups in total. The smallest absolute Gasteiger partial charge is 0.416 e. The van der Waals surface area contributed by atoms with Crippen molar-refractivity contribution in [2.75, 3.05) is 24.6 Å². The fourth-order valence-corrected chi connectivity index (χ4v) is 4.23. The molecule has 8 heteroatoms. The van der Waals surface area contributed by atoms with E-state index in [1.807, 2.05) is 24.3 Å². The molecule has 166 valence electrons. The van der Waals surface area contributed by atoms with E-state index < -0.39 is 23.6 Å². The quantitative estimate of drug-likeness (QED) is 0.645. The second kappa shape index (κ2) is 8.40. The number of carboxylic acids is 1.